The van der Waals surface area contributed by atoms with Gasteiger partial charge in [-0.25, -0.2) is 0 Å². The second-order valence-corrected chi connectivity index (χ2v) is 4.86. The van der Waals surface area contributed by atoms with Crippen LogP contribution in [0.4, 0.5) is 0 Å². The molecular formula is C13H16N4O3. The van der Waals surface area contributed by atoms with E-state index in [1.807, 2.05) is 4.90 Å². The van der Waals surface area contributed by atoms with E-state index < -0.39 is 0 Å². The molecule has 7 nitrogen and oxygen atoms in total. The van der Waals surface area contributed by atoms with Crippen molar-refractivity contribution < 1.29 is 13.6 Å². The number of carbonyl (C=O) groups excluding carboxylic acids is 1. The Labute approximate surface area is 115 Å². The van der Waals surface area contributed by atoms with Crippen molar-refractivity contribution in [3.05, 3.63) is 24.3 Å². The third kappa shape index (κ3) is 2.57. The largest absolute Gasteiger partial charge is 0.459 e. The molecule has 1 amide bonds. The number of hydrogen-bond donors (Lipinski definition) is 1. The van der Waals surface area contributed by atoms with Gasteiger partial charge in [0.15, 0.2) is 5.76 Å². The van der Waals surface area contributed by atoms with Gasteiger partial charge in [-0.2, -0.15) is 0 Å². The van der Waals surface area contributed by atoms with E-state index in [4.69, 9.17) is 14.6 Å². The van der Waals surface area contributed by atoms with E-state index in [2.05, 4.69) is 10.2 Å². The molecular weight excluding hydrogens is 260 g/mol. The fourth-order valence-electron chi connectivity index (χ4n) is 2.49. The molecule has 20 heavy (non-hydrogen) atoms. The number of furan rings is 1. The minimum Gasteiger partial charge on any atom is -0.459 e. The lowest BCUT2D eigenvalue weighted by atomic mass is 10.0. The van der Waals surface area contributed by atoms with Crippen molar-refractivity contribution in [1.29, 1.82) is 0 Å². The maximum Gasteiger partial charge on any atom is 0.283 e. The summed E-state index contributed by atoms with van der Waals surface area (Å²) in [4.78, 5) is 13.4. The lowest BCUT2D eigenvalue weighted by molar-refractivity contribution is -0.124. The Hall–Kier alpha value is -2.15. The Bertz CT molecular complexity index is 578. The number of carbonyl (C=O) groups is 1. The normalized spacial score (nSPS) is 20.1. The first-order valence-electron chi connectivity index (χ1n) is 6.63. The third-order valence-electron chi connectivity index (χ3n) is 3.48. The van der Waals surface area contributed by atoms with Crippen molar-refractivity contribution in [2.45, 2.75) is 31.8 Å². The van der Waals surface area contributed by atoms with Crippen molar-refractivity contribution in [2.24, 2.45) is 5.73 Å². The topological polar surface area (TPSA) is 98.4 Å². The lowest BCUT2D eigenvalue weighted by Crippen LogP contribution is -2.47. The van der Waals surface area contributed by atoms with Crippen LogP contribution >= 0.6 is 0 Å². The van der Waals surface area contributed by atoms with E-state index in [0.29, 0.717) is 24.1 Å². The monoisotopic (exact) mass is 276 g/mol. The summed E-state index contributed by atoms with van der Waals surface area (Å²) in [6, 6.07) is 3.26. The van der Waals surface area contributed by atoms with E-state index in [-0.39, 0.29) is 11.9 Å². The first-order valence-corrected chi connectivity index (χ1v) is 6.63. The second-order valence-electron chi connectivity index (χ2n) is 4.86. The molecule has 2 N–H and O–H groups in total. The Kier molecular flexibility index (Phi) is 3.51. The molecule has 0 aliphatic carbocycles. The molecule has 7 heteroatoms. The molecule has 1 saturated heterocycles. The summed E-state index contributed by atoms with van der Waals surface area (Å²) < 4.78 is 10.7. The van der Waals surface area contributed by atoms with Crippen LogP contribution in [-0.4, -0.2) is 33.6 Å². The molecule has 0 spiro atoms. The molecule has 3 heterocycles. The average Bonchev–Trinajstić information content (AvgIpc) is 3.09. The quantitative estimate of drug-likeness (QED) is 0.900. The van der Waals surface area contributed by atoms with E-state index in [1.165, 1.54) is 0 Å². The van der Waals surface area contributed by atoms with Crippen molar-refractivity contribution >= 4 is 5.91 Å². The maximum atomic E-state index is 11.4. The van der Waals surface area contributed by atoms with Crippen molar-refractivity contribution in [3.63, 3.8) is 0 Å². The Morgan fingerprint density at radius 1 is 1.45 bits per heavy atom. The number of nitrogens with two attached hydrogens (primary N) is 1. The molecule has 106 valence electrons. The van der Waals surface area contributed by atoms with Crippen LogP contribution in [0.15, 0.2) is 27.2 Å². The van der Waals surface area contributed by atoms with Gasteiger partial charge in [0, 0.05) is 0 Å². The van der Waals surface area contributed by atoms with E-state index >= 15 is 0 Å². The van der Waals surface area contributed by atoms with Gasteiger partial charge in [0.2, 0.25) is 11.8 Å². The van der Waals surface area contributed by atoms with Gasteiger partial charge in [0.05, 0.1) is 18.8 Å². The van der Waals surface area contributed by atoms with Gasteiger partial charge in [0.1, 0.15) is 0 Å². The standard InChI is InChI=1S/C13H16N4O3/c14-12(18)9-4-1-2-6-17(9)8-11-15-16-13(20-11)10-5-3-7-19-10/h3,5,7,9H,1-2,4,6,8H2,(H2,14,18)/t9-/m0/s1. The highest BCUT2D eigenvalue weighted by atomic mass is 16.4. The Balaban J connectivity index is 1.72. The summed E-state index contributed by atoms with van der Waals surface area (Å²) in [7, 11) is 0. The SMILES string of the molecule is NC(=O)[C@@H]1CCCCN1Cc1nnc(-c2ccco2)o1. The average molecular weight is 276 g/mol. The summed E-state index contributed by atoms with van der Waals surface area (Å²) >= 11 is 0. The minimum absolute atomic E-state index is 0.247. The van der Waals surface area contributed by atoms with Crippen molar-refractivity contribution in [3.8, 4) is 11.7 Å². The van der Waals surface area contributed by atoms with Crippen LogP contribution in [0.5, 0.6) is 0 Å². The highest BCUT2D eigenvalue weighted by molar-refractivity contribution is 5.79. The van der Waals surface area contributed by atoms with Crippen LogP contribution in [0.3, 0.4) is 0 Å². The number of piperidine rings is 1. The number of nitrogens with zero attached hydrogens (tertiary/aromatic N) is 3. The number of hydrogen-bond acceptors (Lipinski definition) is 6. The van der Waals surface area contributed by atoms with Gasteiger partial charge in [-0.15, -0.1) is 10.2 Å². The van der Waals surface area contributed by atoms with Crippen LogP contribution in [0.2, 0.25) is 0 Å². The molecule has 1 aliphatic rings. The van der Waals surface area contributed by atoms with E-state index in [0.717, 1.165) is 25.8 Å². The molecule has 1 aliphatic heterocycles. The van der Waals surface area contributed by atoms with Gasteiger partial charge >= 0.3 is 0 Å². The van der Waals surface area contributed by atoms with Gasteiger partial charge in [0.25, 0.3) is 5.89 Å². The van der Waals surface area contributed by atoms with Crippen LogP contribution < -0.4 is 5.73 Å². The van der Waals surface area contributed by atoms with Gasteiger partial charge in [-0.3, -0.25) is 9.69 Å². The lowest BCUT2D eigenvalue weighted by Gasteiger charge is -2.32. The van der Waals surface area contributed by atoms with E-state index in [9.17, 15) is 4.79 Å². The zero-order chi connectivity index (χ0) is 13.9. The number of amides is 1. The molecule has 2 aromatic heterocycles. The summed E-state index contributed by atoms with van der Waals surface area (Å²) in [5.41, 5.74) is 5.43. The molecule has 1 atom stereocenters. The highest BCUT2D eigenvalue weighted by Gasteiger charge is 2.28. The summed E-state index contributed by atoms with van der Waals surface area (Å²) in [5.74, 6) is 1.05. The van der Waals surface area contributed by atoms with Gasteiger partial charge in [-0.05, 0) is 31.5 Å². The molecule has 3 rings (SSSR count). The zero-order valence-electron chi connectivity index (χ0n) is 11.0. The van der Waals surface area contributed by atoms with Crippen LogP contribution in [0.25, 0.3) is 11.7 Å². The molecule has 1 fully saturated rings. The minimum atomic E-state index is -0.296. The van der Waals surface area contributed by atoms with Crippen LogP contribution in [0, 0.1) is 0 Å². The Morgan fingerprint density at radius 3 is 3.10 bits per heavy atom. The summed E-state index contributed by atoms with van der Waals surface area (Å²) in [5, 5.41) is 7.93. The predicted octanol–water partition coefficient (Wildman–Crippen LogP) is 1.17. The number of primary amides is 1. The van der Waals surface area contributed by atoms with Gasteiger partial charge < -0.3 is 14.6 Å². The second kappa shape index (κ2) is 5.46. The molecule has 0 saturated carbocycles. The number of likely N-dealkylation sites (tertiary alicyclic amines) is 1. The van der Waals surface area contributed by atoms with Gasteiger partial charge in [-0.1, -0.05) is 6.42 Å². The molecule has 0 aromatic carbocycles. The van der Waals surface area contributed by atoms with Crippen LogP contribution in [0.1, 0.15) is 25.2 Å². The fourth-order valence-corrected chi connectivity index (χ4v) is 2.49. The molecule has 2 aromatic rings. The molecule has 0 bridgehead atoms. The number of aromatic nitrogens is 2. The van der Waals surface area contributed by atoms with E-state index in [1.54, 1.807) is 18.4 Å². The predicted molar refractivity (Wildman–Crippen MR) is 69.2 cm³/mol. The highest BCUT2D eigenvalue weighted by Crippen LogP contribution is 2.22. The zero-order valence-corrected chi connectivity index (χ0v) is 11.0. The van der Waals surface area contributed by atoms with Crippen molar-refractivity contribution in [1.82, 2.24) is 15.1 Å². The first kappa shape index (κ1) is 12.9. The maximum absolute atomic E-state index is 11.4. The third-order valence-corrected chi connectivity index (χ3v) is 3.48. The molecule has 0 unspecified atom stereocenters. The Morgan fingerprint density at radius 2 is 2.35 bits per heavy atom. The smallest absolute Gasteiger partial charge is 0.283 e. The fraction of sp³-hybridized carbons (Fsp3) is 0.462. The summed E-state index contributed by atoms with van der Waals surface area (Å²) in [6.07, 6.45) is 4.40. The van der Waals surface area contributed by atoms with Crippen LogP contribution in [-0.2, 0) is 11.3 Å². The number of rotatable bonds is 4. The van der Waals surface area contributed by atoms with Crippen molar-refractivity contribution in [2.75, 3.05) is 6.54 Å². The molecule has 0 radical (unpaired) electrons. The summed E-state index contributed by atoms with van der Waals surface area (Å²) in [6.45, 7) is 1.24. The first-order chi connectivity index (χ1) is 9.74.